The second-order valence-electron chi connectivity index (χ2n) is 9.48. The number of hydrogen-bond donors (Lipinski definition) is 1. The van der Waals surface area contributed by atoms with Crippen molar-refractivity contribution >= 4 is 18.5 Å². The minimum atomic E-state index is 0.367. The summed E-state index contributed by atoms with van der Waals surface area (Å²) in [5.74, 6) is 4.94. The molecular formula is C20H33NOS. The highest BCUT2D eigenvalue weighted by Gasteiger charge is 2.60. The quantitative estimate of drug-likeness (QED) is 0.704. The second-order valence-corrected chi connectivity index (χ2v) is 9.85. The summed E-state index contributed by atoms with van der Waals surface area (Å²) >= 11 is 4.67. The summed E-state index contributed by atoms with van der Waals surface area (Å²) in [5, 5.41) is 0. The molecule has 0 radical (unpaired) electrons. The molecule has 7 atom stereocenters. The Hall–Kier alpha value is -0.180. The number of nitrogens with zero attached hydrogens (tertiary/aromatic N) is 1. The molecule has 3 heteroatoms. The van der Waals surface area contributed by atoms with Crippen LogP contribution in [-0.2, 0) is 4.79 Å². The van der Waals surface area contributed by atoms with Gasteiger partial charge in [-0.2, -0.15) is 12.6 Å². The van der Waals surface area contributed by atoms with Gasteiger partial charge in [0.05, 0.1) is 0 Å². The van der Waals surface area contributed by atoms with Gasteiger partial charge in [-0.05, 0) is 85.2 Å². The number of amides is 1. The number of carbonyl (C=O) groups excluding carboxylic acids is 1. The molecule has 1 saturated heterocycles. The maximum atomic E-state index is 12.2. The van der Waals surface area contributed by atoms with Crippen LogP contribution in [0, 0.1) is 34.5 Å². The minimum absolute atomic E-state index is 0.367. The summed E-state index contributed by atoms with van der Waals surface area (Å²) in [6.07, 6.45) is 10.1. The molecule has 7 unspecified atom stereocenters. The van der Waals surface area contributed by atoms with Crippen LogP contribution in [-0.4, -0.2) is 29.6 Å². The summed E-state index contributed by atoms with van der Waals surface area (Å²) in [6.45, 7) is 5.10. The van der Waals surface area contributed by atoms with Gasteiger partial charge in [-0.15, -0.1) is 0 Å². The van der Waals surface area contributed by atoms with Crippen molar-refractivity contribution in [1.29, 1.82) is 0 Å². The first-order valence-electron chi connectivity index (χ1n) is 9.78. The number of hydrogen-bond acceptors (Lipinski definition) is 2. The molecule has 0 N–H and O–H groups in total. The highest BCUT2D eigenvalue weighted by atomic mass is 32.1. The number of fused-ring (bicyclic) bond motifs is 5. The van der Waals surface area contributed by atoms with Gasteiger partial charge in [-0.3, -0.25) is 4.79 Å². The molecule has 3 aliphatic carbocycles. The number of carbonyl (C=O) groups is 1. The summed E-state index contributed by atoms with van der Waals surface area (Å²) in [4.78, 5) is 14.3. The normalized spacial score (nSPS) is 52.8. The van der Waals surface area contributed by atoms with Gasteiger partial charge >= 0.3 is 0 Å². The van der Waals surface area contributed by atoms with E-state index >= 15 is 0 Å². The lowest BCUT2D eigenvalue weighted by atomic mass is 9.47. The highest BCUT2D eigenvalue weighted by Crippen LogP contribution is 2.66. The van der Waals surface area contributed by atoms with E-state index < -0.39 is 0 Å². The number of rotatable bonds is 1. The van der Waals surface area contributed by atoms with Gasteiger partial charge in [0, 0.05) is 19.5 Å². The van der Waals surface area contributed by atoms with Crippen molar-refractivity contribution < 1.29 is 4.79 Å². The largest absolute Gasteiger partial charge is 0.342 e. The maximum Gasteiger partial charge on any atom is 0.222 e. The summed E-state index contributed by atoms with van der Waals surface area (Å²) in [5.41, 5.74) is 0.911. The standard InChI is InChI=1S/C20H33NOS/c1-19-10-8-16-14(15(19)6-4-13(19)12-23)5-7-17-20(16,2)11-9-18(22)21(17)3/h13-17,23H,4-12H2,1-3H3. The lowest BCUT2D eigenvalue weighted by molar-refractivity contribution is -0.158. The van der Waals surface area contributed by atoms with Crippen LogP contribution in [0.3, 0.4) is 0 Å². The highest BCUT2D eigenvalue weighted by molar-refractivity contribution is 7.80. The summed E-state index contributed by atoms with van der Waals surface area (Å²) in [6, 6.07) is 0.497. The van der Waals surface area contributed by atoms with Gasteiger partial charge in [0.2, 0.25) is 5.91 Å². The van der Waals surface area contributed by atoms with E-state index in [0.29, 0.717) is 22.8 Å². The molecule has 4 fully saturated rings. The van der Waals surface area contributed by atoms with Gasteiger partial charge in [-0.25, -0.2) is 0 Å². The molecule has 0 aromatic carbocycles. The zero-order valence-corrected chi connectivity index (χ0v) is 15.9. The third-order valence-corrected chi connectivity index (χ3v) is 9.41. The molecule has 23 heavy (non-hydrogen) atoms. The number of thiol groups is 1. The Balaban J connectivity index is 1.64. The SMILES string of the molecule is CN1C(=O)CCC2(C)C3CCC4(C)C(CS)CCC4C3CCC12. The van der Waals surface area contributed by atoms with Gasteiger partial charge in [0.15, 0.2) is 0 Å². The Morgan fingerprint density at radius 3 is 2.52 bits per heavy atom. The van der Waals surface area contributed by atoms with E-state index in [2.05, 4.69) is 38.4 Å². The third-order valence-electron chi connectivity index (χ3n) is 8.97. The van der Waals surface area contributed by atoms with E-state index in [1.54, 1.807) is 0 Å². The van der Waals surface area contributed by atoms with E-state index in [0.717, 1.165) is 42.3 Å². The first kappa shape index (κ1) is 16.3. The predicted molar refractivity (Wildman–Crippen MR) is 97.5 cm³/mol. The zero-order valence-electron chi connectivity index (χ0n) is 15.1. The maximum absolute atomic E-state index is 12.2. The van der Waals surface area contributed by atoms with Gasteiger partial charge in [0.25, 0.3) is 0 Å². The lowest BCUT2D eigenvalue weighted by Crippen LogP contribution is -2.61. The number of piperidine rings is 1. The van der Waals surface area contributed by atoms with Crippen molar-refractivity contribution in [2.24, 2.45) is 34.5 Å². The smallest absolute Gasteiger partial charge is 0.222 e. The van der Waals surface area contributed by atoms with Crippen molar-refractivity contribution in [3.05, 3.63) is 0 Å². The van der Waals surface area contributed by atoms with Crippen LogP contribution in [0.5, 0.6) is 0 Å². The fraction of sp³-hybridized carbons (Fsp3) is 0.950. The van der Waals surface area contributed by atoms with Crippen LogP contribution in [0.15, 0.2) is 0 Å². The Labute approximate surface area is 147 Å². The molecule has 0 aromatic rings. The molecule has 4 aliphatic rings. The van der Waals surface area contributed by atoms with Crippen LogP contribution >= 0.6 is 12.6 Å². The first-order valence-corrected chi connectivity index (χ1v) is 10.4. The average molecular weight is 336 g/mol. The topological polar surface area (TPSA) is 20.3 Å². The lowest BCUT2D eigenvalue weighted by Gasteiger charge is -2.61. The fourth-order valence-electron chi connectivity index (χ4n) is 7.56. The molecule has 1 aliphatic heterocycles. The van der Waals surface area contributed by atoms with E-state index in [4.69, 9.17) is 0 Å². The van der Waals surface area contributed by atoms with Crippen molar-refractivity contribution in [3.8, 4) is 0 Å². The Morgan fingerprint density at radius 1 is 1.04 bits per heavy atom. The molecule has 4 rings (SSSR count). The van der Waals surface area contributed by atoms with E-state index in [-0.39, 0.29) is 0 Å². The first-order chi connectivity index (χ1) is 10.9. The Bertz CT molecular complexity index is 508. The van der Waals surface area contributed by atoms with Crippen LogP contribution in [0.4, 0.5) is 0 Å². The fourth-order valence-corrected chi connectivity index (χ4v) is 8.16. The third kappa shape index (κ3) is 2.10. The molecule has 0 bridgehead atoms. The molecular weight excluding hydrogens is 302 g/mol. The molecule has 0 spiro atoms. The monoisotopic (exact) mass is 335 g/mol. The van der Waals surface area contributed by atoms with Crippen molar-refractivity contribution in [1.82, 2.24) is 4.90 Å². The molecule has 2 nitrogen and oxygen atoms in total. The van der Waals surface area contributed by atoms with Crippen LogP contribution < -0.4 is 0 Å². The molecule has 1 heterocycles. The average Bonchev–Trinajstić information content (AvgIpc) is 2.88. The van der Waals surface area contributed by atoms with Crippen LogP contribution in [0.1, 0.15) is 65.2 Å². The Kier molecular flexibility index (Phi) is 3.83. The summed E-state index contributed by atoms with van der Waals surface area (Å²) < 4.78 is 0. The minimum Gasteiger partial charge on any atom is -0.342 e. The van der Waals surface area contributed by atoms with Gasteiger partial charge in [0.1, 0.15) is 0 Å². The van der Waals surface area contributed by atoms with E-state index in [1.165, 1.54) is 38.5 Å². The van der Waals surface area contributed by atoms with E-state index in [9.17, 15) is 4.79 Å². The van der Waals surface area contributed by atoms with Gasteiger partial charge < -0.3 is 4.90 Å². The van der Waals surface area contributed by atoms with Crippen LogP contribution in [0.2, 0.25) is 0 Å². The van der Waals surface area contributed by atoms with Gasteiger partial charge in [-0.1, -0.05) is 13.8 Å². The second kappa shape index (κ2) is 5.41. The van der Waals surface area contributed by atoms with Crippen molar-refractivity contribution in [2.75, 3.05) is 12.8 Å². The predicted octanol–water partition coefficient (Wildman–Crippen LogP) is 4.40. The summed E-state index contributed by atoms with van der Waals surface area (Å²) in [7, 11) is 2.06. The molecule has 0 aromatic heterocycles. The van der Waals surface area contributed by atoms with Crippen molar-refractivity contribution in [3.63, 3.8) is 0 Å². The zero-order chi connectivity index (χ0) is 16.4. The number of likely N-dealkylation sites (tertiary alicyclic amines) is 1. The molecule has 3 saturated carbocycles. The van der Waals surface area contributed by atoms with Crippen LogP contribution in [0.25, 0.3) is 0 Å². The molecule has 130 valence electrons. The molecule has 1 amide bonds. The van der Waals surface area contributed by atoms with Crippen molar-refractivity contribution in [2.45, 2.75) is 71.3 Å². The Morgan fingerprint density at radius 2 is 1.78 bits per heavy atom. The van der Waals surface area contributed by atoms with E-state index in [1.807, 2.05) is 0 Å².